The Labute approximate surface area is 136 Å². The molecule has 23 heavy (non-hydrogen) atoms. The minimum Gasteiger partial charge on any atom is -0.343 e. The molecule has 1 amide bonds. The summed E-state index contributed by atoms with van der Waals surface area (Å²) in [5, 5.41) is 3.17. The number of amides is 1. The van der Waals surface area contributed by atoms with E-state index in [1.165, 1.54) is 0 Å². The normalized spacial score (nSPS) is 15.4. The zero-order valence-corrected chi connectivity index (χ0v) is 13.3. The van der Waals surface area contributed by atoms with Crippen molar-refractivity contribution < 1.29 is 4.79 Å². The van der Waals surface area contributed by atoms with Crippen LogP contribution in [0.1, 0.15) is 25.5 Å². The van der Waals surface area contributed by atoms with E-state index >= 15 is 0 Å². The Morgan fingerprint density at radius 1 is 1.26 bits per heavy atom. The number of nitrogens with one attached hydrogen (secondary N) is 1. The number of piperidine rings is 1. The molecule has 1 N–H and O–H groups in total. The molecule has 1 aliphatic heterocycles. The van der Waals surface area contributed by atoms with E-state index in [-0.39, 0.29) is 5.91 Å². The maximum atomic E-state index is 11.4. The van der Waals surface area contributed by atoms with Crippen molar-refractivity contribution in [3.8, 4) is 0 Å². The number of carbonyl (C=O) groups excluding carboxylic acids is 1. The summed E-state index contributed by atoms with van der Waals surface area (Å²) in [7, 11) is 0. The first kappa shape index (κ1) is 15.4. The molecular weight excluding hydrogens is 290 g/mol. The average Bonchev–Trinajstić information content (AvgIpc) is 2.57. The molecule has 1 fully saturated rings. The standard InChI is InChI=1S/C17H21N5O/c1-13(23)22-9-5-14(6-10-22)11-15-3-2-4-16(20-15)21-17-12-18-7-8-19-17/h2-4,7-8,12,14H,5-6,9-11H2,1H3,(H,19,20,21). The van der Waals surface area contributed by atoms with Crippen molar-refractivity contribution in [3.05, 3.63) is 42.5 Å². The quantitative estimate of drug-likeness (QED) is 0.939. The predicted molar refractivity (Wildman–Crippen MR) is 88.2 cm³/mol. The second kappa shape index (κ2) is 7.17. The fraction of sp³-hybridized carbons (Fsp3) is 0.412. The summed E-state index contributed by atoms with van der Waals surface area (Å²) < 4.78 is 0. The minimum absolute atomic E-state index is 0.178. The lowest BCUT2D eigenvalue weighted by atomic mass is 9.92. The van der Waals surface area contributed by atoms with Gasteiger partial charge in [-0.25, -0.2) is 9.97 Å². The third-order valence-electron chi connectivity index (χ3n) is 4.18. The van der Waals surface area contributed by atoms with Crippen LogP contribution in [0.3, 0.4) is 0 Å². The highest BCUT2D eigenvalue weighted by atomic mass is 16.2. The van der Waals surface area contributed by atoms with Gasteiger partial charge in [0, 0.05) is 38.1 Å². The van der Waals surface area contributed by atoms with Crippen LogP contribution in [0.5, 0.6) is 0 Å². The van der Waals surface area contributed by atoms with Crippen LogP contribution in [0, 0.1) is 5.92 Å². The van der Waals surface area contributed by atoms with Gasteiger partial charge in [-0.3, -0.25) is 9.78 Å². The van der Waals surface area contributed by atoms with Gasteiger partial charge in [-0.1, -0.05) is 6.07 Å². The van der Waals surface area contributed by atoms with Crippen LogP contribution in [0.4, 0.5) is 11.6 Å². The van der Waals surface area contributed by atoms with Gasteiger partial charge in [0.15, 0.2) is 0 Å². The molecule has 3 heterocycles. The topological polar surface area (TPSA) is 71.0 Å². The minimum atomic E-state index is 0.178. The van der Waals surface area contributed by atoms with Crippen LogP contribution in [0.2, 0.25) is 0 Å². The number of pyridine rings is 1. The number of aromatic nitrogens is 3. The van der Waals surface area contributed by atoms with E-state index < -0.39 is 0 Å². The lowest BCUT2D eigenvalue weighted by Gasteiger charge is -2.31. The van der Waals surface area contributed by atoms with Crippen molar-refractivity contribution in [3.63, 3.8) is 0 Å². The molecule has 6 heteroatoms. The van der Waals surface area contributed by atoms with E-state index in [1.807, 2.05) is 17.0 Å². The number of hydrogen-bond acceptors (Lipinski definition) is 5. The number of rotatable bonds is 4. The summed E-state index contributed by atoms with van der Waals surface area (Å²) in [6, 6.07) is 5.99. The van der Waals surface area contributed by atoms with E-state index in [0.717, 1.165) is 43.9 Å². The molecule has 2 aromatic rings. The zero-order valence-electron chi connectivity index (χ0n) is 13.3. The van der Waals surface area contributed by atoms with Crippen LogP contribution in [0.25, 0.3) is 0 Å². The fourth-order valence-corrected chi connectivity index (χ4v) is 2.91. The van der Waals surface area contributed by atoms with Gasteiger partial charge >= 0.3 is 0 Å². The Morgan fingerprint density at radius 3 is 2.78 bits per heavy atom. The summed E-state index contributed by atoms with van der Waals surface area (Å²) in [4.78, 5) is 26.2. The van der Waals surface area contributed by atoms with E-state index in [2.05, 4.69) is 26.3 Å². The van der Waals surface area contributed by atoms with E-state index in [9.17, 15) is 4.79 Å². The average molecular weight is 311 g/mol. The van der Waals surface area contributed by atoms with Crippen molar-refractivity contribution in [1.82, 2.24) is 19.9 Å². The van der Waals surface area contributed by atoms with Crippen molar-refractivity contribution >= 4 is 17.5 Å². The van der Waals surface area contributed by atoms with Gasteiger partial charge in [-0.15, -0.1) is 0 Å². The second-order valence-electron chi connectivity index (χ2n) is 5.88. The highest BCUT2D eigenvalue weighted by molar-refractivity contribution is 5.73. The lowest BCUT2D eigenvalue weighted by molar-refractivity contribution is -0.130. The first-order chi connectivity index (χ1) is 11.2. The molecule has 0 aromatic carbocycles. The smallest absolute Gasteiger partial charge is 0.219 e. The molecule has 3 rings (SSSR count). The molecule has 0 spiro atoms. The van der Waals surface area contributed by atoms with Gasteiger partial charge < -0.3 is 10.2 Å². The van der Waals surface area contributed by atoms with Gasteiger partial charge in [-0.05, 0) is 37.3 Å². The van der Waals surface area contributed by atoms with Gasteiger partial charge in [0.1, 0.15) is 11.6 Å². The van der Waals surface area contributed by atoms with Crippen molar-refractivity contribution in [2.24, 2.45) is 5.92 Å². The van der Waals surface area contributed by atoms with Crippen LogP contribution in [-0.4, -0.2) is 38.8 Å². The SMILES string of the molecule is CC(=O)N1CCC(Cc2cccc(Nc3cnccn3)n2)CC1. The predicted octanol–water partition coefficient (Wildman–Crippen LogP) is 2.42. The highest BCUT2D eigenvalue weighted by Crippen LogP contribution is 2.22. The number of likely N-dealkylation sites (tertiary alicyclic amines) is 1. The van der Waals surface area contributed by atoms with Crippen LogP contribution in [-0.2, 0) is 11.2 Å². The van der Waals surface area contributed by atoms with E-state index in [0.29, 0.717) is 11.7 Å². The molecule has 120 valence electrons. The second-order valence-corrected chi connectivity index (χ2v) is 5.88. The van der Waals surface area contributed by atoms with Gasteiger partial charge in [-0.2, -0.15) is 0 Å². The Balaban J connectivity index is 1.59. The third kappa shape index (κ3) is 4.25. The lowest BCUT2D eigenvalue weighted by Crippen LogP contribution is -2.37. The van der Waals surface area contributed by atoms with Crippen molar-refractivity contribution in [2.45, 2.75) is 26.2 Å². The molecule has 0 unspecified atom stereocenters. The van der Waals surface area contributed by atoms with Crippen molar-refractivity contribution in [1.29, 1.82) is 0 Å². The van der Waals surface area contributed by atoms with E-state index in [1.54, 1.807) is 25.5 Å². The van der Waals surface area contributed by atoms with Crippen LogP contribution >= 0.6 is 0 Å². The molecule has 1 aliphatic rings. The Kier molecular flexibility index (Phi) is 4.80. The molecule has 0 radical (unpaired) electrons. The molecule has 0 atom stereocenters. The molecule has 0 saturated carbocycles. The number of nitrogens with zero attached hydrogens (tertiary/aromatic N) is 4. The molecular formula is C17H21N5O. The Hall–Kier alpha value is -2.50. The van der Waals surface area contributed by atoms with Gasteiger partial charge in [0.25, 0.3) is 0 Å². The number of hydrogen-bond donors (Lipinski definition) is 1. The maximum absolute atomic E-state index is 11.4. The first-order valence-corrected chi connectivity index (χ1v) is 7.95. The molecule has 0 aliphatic carbocycles. The third-order valence-corrected chi connectivity index (χ3v) is 4.18. The molecule has 6 nitrogen and oxygen atoms in total. The fourth-order valence-electron chi connectivity index (χ4n) is 2.91. The summed E-state index contributed by atoms with van der Waals surface area (Å²) >= 11 is 0. The molecule has 2 aromatic heterocycles. The van der Waals surface area contributed by atoms with Crippen LogP contribution < -0.4 is 5.32 Å². The Morgan fingerprint density at radius 2 is 2.09 bits per heavy atom. The maximum Gasteiger partial charge on any atom is 0.219 e. The summed E-state index contributed by atoms with van der Waals surface area (Å²) in [5.41, 5.74) is 1.07. The van der Waals surface area contributed by atoms with E-state index in [4.69, 9.17) is 0 Å². The van der Waals surface area contributed by atoms with Gasteiger partial charge in [0.05, 0.1) is 6.20 Å². The number of carbonyl (C=O) groups is 1. The zero-order chi connectivity index (χ0) is 16.1. The van der Waals surface area contributed by atoms with Crippen molar-refractivity contribution in [2.75, 3.05) is 18.4 Å². The number of anilines is 2. The summed E-state index contributed by atoms with van der Waals surface area (Å²) in [5.74, 6) is 2.23. The molecule has 1 saturated heterocycles. The highest BCUT2D eigenvalue weighted by Gasteiger charge is 2.21. The Bertz CT molecular complexity index is 653. The van der Waals surface area contributed by atoms with Gasteiger partial charge in [0.2, 0.25) is 5.91 Å². The summed E-state index contributed by atoms with van der Waals surface area (Å²) in [6.45, 7) is 3.36. The summed E-state index contributed by atoms with van der Waals surface area (Å²) in [6.07, 6.45) is 8.00. The first-order valence-electron chi connectivity index (χ1n) is 7.95. The molecule has 0 bridgehead atoms. The largest absolute Gasteiger partial charge is 0.343 e. The monoisotopic (exact) mass is 311 g/mol. The van der Waals surface area contributed by atoms with Crippen LogP contribution in [0.15, 0.2) is 36.8 Å².